The van der Waals surface area contributed by atoms with Gasteiger partial charge in [-0.25, -0.2) is 15.0 Å². The molecule has 11 aromatic rings. The van der Waals surface area contributed by atoms with E-state index in [9.17, 15) is 0 Å². The summed E-state index contributed by atoms with van der Waals surface area (Å²) < 4.78 is 7.41. The number of aromatic nitrogens is 5. The second-order valence-electron chi connectivity index (χ2n) is 13.6. The summed E-state index contributed by atoms with van der Waals surface area (Å²) in [5, 5.41) is 6.17. The molecule has 0 radical (unpaired) electrons. The van der Waals surface area contributed by atoms with Crippen LogP contribution in [0.4, 0.5) is 0 Å². The first-order chi connectivity index (χ1) is 26.8. The van der Waals surface area contributed by atoms with Crippen molar-refractivity contribution in [3.63, 3.8) is 0 Å². The minimum Gasteiger partial charge on any atom is -0.294 e. The molecule has 0 fully saturated rings. The molecule has 1 aliphatic rings. The molecule has 0 bridgehead atoms. The standard InChI is InChI=1S/C47H27N5S2/c1-2-13-28(14-3-1)44-48-45(29-25-26-39-34(27-29)30-15-6-10-22-38(30)53-39)50-46(49-44)32-17-5-8-20-36(32)51-35-19-7-4-16-31(35)42-33-18-12-24-41-43(33)52(47(42)51)37-21-9-11-23-40(37)54-41/h1-27H. The molecule has 1 aliphatic heterocycles. The second-order valence-corrected chi connectivity index (χ2v) is 15.8. The fourth-order valence-electron chi connectivity index (χ4n) is 8.24. The van der Waals surface area contributed by atoms with Crippen molar-refractivity contribution in [2.75, 3.05) is 0 Å². The number of rotatable bonds is 4. The molecule has 0 saturated carbocycles. The van der Waals surface area contributed by atoms with E-state index < -0.39 is 0 Å². The van der Waals surface area contributed by atoms with E-state index >= 15 is 0 Å². The predicted molar refractivity (Wildman–Crippen MR) is 224 cm³/mol. The zero-order valence-corrected chi connectivity index (χ0v) is 30.3. The van der Waals surface area contributed by atoms with Gasteiger partial charge in [-0.3, -0.25) is 9.13 Å². The van der Waals surface area contributed by atoms with Crippen molar-refractivity contribution in [3.8, 4) is 45.5 Å². The van der Waals surface area contributed by atoms with E-state index in [0.717, 1.165) is 33.5 Å². The number of hydrogen-bond donors (Lipinski definition) is 0. The number of para-hydroxylation sites is 4. The fraction of sp³-hybridized carbons (Fsp3) is 0. The Morgan fingerprint density at radius 1 is 0.426 bits per heavy atom. The zero-order valence-electron chi connectivity index (χ0n) is 28.6. The van der Waals surface area contributed by atoms with Gasteiger partial charge in [-0.15, -0.1) is 11.3 Å². The fourth-order valence-corrected chi connectivity index (χ4v) is 10.4. The molecular weight excluding hydrogens is 699 g/mol. The van der Waals surface area contributed by atoms with Gasteiger partial charge in [0, 0.05) is 62.8 Å². The number of thiophene rings is 1. The molecule has 5 heterocycles. The average Bonchev–Trinajstić information content (AvgIpc) is 3.89. The summed E-state index contributed by atoms with van der Waals surface area (Å²) in [4.78, 5) is 18.2. The normalized spacial score (nSPS) is 12.4. The van der Waals surface area contributed by atoms with E-state index in [2.05, 4.69) is 155 Å². The Morgan fingerprint density at radius 2 is 1.09 bits per heavy atom. The Kier molecular flexibility index (Phi) is 6.37. The predicted octanol–water partition coefficient (Wildman–Crippen LogP) is 12.7. The SMILES string of the molecule is c1ccc(-c2nc(-c3ccc4sc5ccccc5c4c3)nc(-c3ccccc3-n3c4ccccc4c4c5cccc6c5n(c43)-c3ccccc3S6)n2)cc1. The second kappa shape index (κ2) is 11.5. The zero-order chi connectivity index (χ0) is 35.3. The molecule has 252 valence electrons. The average molecular weight is 726 g/mol. The van der Waals surface area contributed by atoms with E-state index in [1.165, 1.54) is 57.3 Å². The van der Waals surface area contributed by atoms with Crippen molar-refractivity contribution in [3.05, 3.63) is 164 Å². The lowest BCUT2D eigenvalue weighted by Crippen LogP contribution is -2.07. The third-order valence-corrected chi connectivity index (χ3v) is 12.8. The Labute approximate surface area is 317 Å². The number of benzene rings is 7. The summed E-state index contributed by atoms with van der Waals surface area (Å²) >= 11 is 3.66. The first-order valence-corrected chi connectivity index (χ1v) is 19.6. The molecule has 5 nitrogen and oxygen atoms in total. The van der Waals surface area contributed by atoms with Crippen molar-refractivity contribution in [2.45, 2.75) is 9.79 Å². The number of nitrogens with zero attached hydrogens (tertiary/aromatic N) is 5. The van der Waals surface area contributed by atoms with Crippen LogP contribution in [-0.2, 0) is 0 Å². The van der Waals surface area contributed by atoms with Gasteiger partial charge < -0.3 is 0 Å². The van der Waals surface area contributed by atoms with Crippen LogP contribution in [0.15, 0.2) is 174 Å². The van der Waals surface area contributed by atoms with E-state index in [4.69, 9.17) is 15.0 Å². The van der Waals surface area contributed by atoms with Crippen LogP contribution >= 0.6 is 23.1 Å². The smallest absolute Gasteiger partial charge is 0.166 e. The van der Waals surface area contributed by atoms with Crippen molar-refractivity contribution in [1.29, 1.82) is 0 Å². The van der Waals surface area contributed by atoms with E-state index in [1.807, 2.05) is 41.3 Å². The van der Waals surface area contributed by atoms with Crippen LogP contribution in [-0.4, -0.2) is 24.1 Å². The highest BCUT2D eigenvalue weighted by molar-refractivity contribution is 7.99. The molecular formula is C47H27N5S2. The molecule has 54 heavy (non-hydrogen) atoms. The van der Waals surface area contributed by atoms with Gasteiger partial charge in [-0.05, 0) is 60.7 Å². The quantitative estimate of drug-likeness (QED) is 0.181. The summed E-state index contributed by atoms with van der Waals surface area (Å²) in [6, 6.07) is 58.1. The highest BCUT2D eigenvalue weighted by Gasteiger charge is 2.28. The van der Waals surface area contributed by atoms with Crippen LogP contribution < -0.4 is 0 Å². The van der Waals surface area contributed by atoms with Gasteiger partial charge in [0.15, 0.2) is 17.5 Å². The van der Waals surface area contributed by atoms with Crippen LogP contribution in [0.1, 0.15) is 0 Å². The molecule has 0 N–H and O–H groups in total. The summed E-state index contributed by atoms with van der Waals surface area (Å²) in [5.74, 6) is 1.91. The molecule has 0 spiro atoms. The van der Waals surface area contributed by atoms with Crippen LogP contribution in [0.3, 0.4) is 0 Å². The van der Waals surface area contributed by atoms with Gasteiger partial charge in [0.2, 0.25) is 0 Å². The number of hydrogen-bond acceptors (Lipinski definition) is 5. The molecule has 0 aliphatic carbocycles. The Bertz CT molecular complexity index is 3320. The molecule has 0 amide bonds. The van der Waals surface area contributed by atoms with E-state index in [1.54, 1.807) is 0 Å². The van der Waals surface area contributed by atoms with Crippen molar-refractivity contribution >= 4 is 76.1 Å². The van der Waals surface area contributed by atoms with Gasteiger partial charge in [0.05, 0.1) is 22.4 Å². The van der Waals surface area contributed by atoms with Gasteiger partial charge in [0.1, 0.15) is 5.65 Å². The third kappa shape index (κ3) is 4.31. The lowest BCUT2D eigenvalue weighted by atomic mass is 10.1. The Balaban J connectivity index is 1.16. The van der Waals surface area contributed by atoms with Crippen LogP contribution in [0.25, 0.3) is 98.5 Å². The maximum Gasteiger partial charge on any atom is 0.166 e. The van der Waals surface area contributed by atoms with Crippen LogP contribution in [0.5, 0.6) is 0 Å². The number of fused-ring (bicyclic) bond motifs is 10. The topological polar surface area (TPSA) is 48.5 Å². The lowest BCUT2D eigenvalue weighted by molar-refractivity contribution is 1.02. The minimum atomic E-state index is 0.627. The van der Waals surface area contributed by atoms with Crippen LogP contribution in [0.2, 0.25) is 0 Å². The first-order valence-electron chi connectivity index (χ1n) is 18.0. The molecule has 0 unspecified atom stereocenters. The molecule has 0 saturated heterocycles. The van der Waals surface area contributed by atoms with Gasteiger partial charge in [0.25, 0.3) is 0 Å². The van der Waals surface area contributed by atoms with E-state index in [0.29, 0.717) is 17.5 Å². The maximum absolute atomic E-state index is 5.31. The third-order valence-electron chi connectivity index (χ3n) is 10.6. The van der Waals surface area contributed by atoms with Crippen molar-refractivity contribution in [2.24, 2.45) is 0 Å². The molecule has 7 heteroatoms. The van der Waals surface area contributed by atoms with Crippen molar-refractivity contribution in [1.82, 2.24) is 24.1 Å². The Hall–Kier alpha value is -6.54. The summed E-state index contributed by atoms with van der Waals surface area (Å²) in [5.41, 5.74) is 8.54. The lowest BCUT2D eigenvalue weighted by Gasteiger charge is -2.21. The van der Waals surface area contributed by atoms with Gasteiger partial charge in [-0.1, -0.05) is 115 Å². The van der Waals surface area contributed by atoms with Gasteiger partial charge in [-0.2, -0.15) is 0 Å². The molecule has 0 atom stereocenters. The highest BCUT2D eigenvalue weighted by atomic mass is 32.2. The first kappa shape index (κ1) is 30.0. The molecule has 7 aromatic carbocycles. The molecule has 4 aromatic heterocycles. The monoisotopic (exact) mass is 725 g/mol. The summed E-state index contributed by atoms with van der Waals surface area (Å²) in [6.07, 6.45) is 0. The van der Waals surface area contributed by atoms with Gasteiger partial charge >= 0.3 is 0 Å². The summed E-state index contributed by atoms with van der Waals surface area (Å²) in [6.45, 7) is 0. The Morgan fingerprint density at radius 3 is 2.00 bits per heavy atom. The van der Waals surface area contributed by atoms with Crippen LogP contribution in [0, 0.1) is 0 Å². The molecule has 12 rings (SSSR count). The maximum atomic E-state index is 5.31. The highest BCUT2D eigenvalue weighted by Crippen LogP contribution is 2.50. The minimum absolute atomic E-state index is 0.627. The summed E-state index contributed by atoms with van der Waals surface area (Å²) in [7, 11) is 0. The van der Waals surface area contributed by atoms with E-state index in [-0.39, 0.29) is 0 Å². The van der Waals surface area contributed by atoms with Crippen molar-refractivity contribution < 1.29 is 0 Å². The largest absolute Gasteiger partial charge is 0.294 e.